The van der Waals surface area contributed by atoms with E-state index in [2.05, 4.69) is 43.3 Å². The zero-order valence-corrected chi connectivity index (χ0v) is 9.81. The molecule has 1 aromatic rings. The summed E-state index contributed by atoms with van der Waals surface area (Å²) in [5.74, 6) is 0. The van der Waals surface area contributed by atoms with Crippen LogP contribution in [0.25, 0.3) is 0 Å². The first kappa shape index (κ1) is 12.2. The van der Waals surface area contributed by atoms with Gasteiger partial charge in [0.2, 0.25) is 0 Å². The van der Waals surface area contributed by atoms with Gasteiger partial charge >= 0.3 is 0 Å². The molecule has 0 N–H and O–H groups in total. The van der Waals surface area contributed by atoms with Crippen LogP contribution < -0.4 is 0 Å². The largest absolute Gasteiger partial charge is 0.308 e. The molecule has 84 valence electrons. The van der Waals surface area contributed by atoms with Crippen molar-refractivity contribution < 1.29 is 4.84 Å². The van der Waals surface area contributed by atoms with Crippen molar-refractivity contribution >= 4 is 0 Å². The van der Waals surface area contributed by atoms with Gasteiger partial charge in [0.05, 0.1) is 7.11 Å². The maximum Gasteiger partial charge on any atom is 0.0575 e. The van der Waals surface area contributed by atoms with Crippen molar-refractivity contribution in [1.29, 1.82) is 0 Å². The summed E-state index contributed by atoms with van der Waals surface area (Å²) >= 11 is 0. The predicted molar refractivity (Wildman–Crippen MR) is 62.4 cm³/mol. The molecule has 1 aromatic carbocycles. The van der Waals surface area contributed by atoms with Gasteiger partial charge in [0.25, 0.3) is 0 Å². The topological polar surface area (TPSA) is 15.7 Å². The maximum absolute atomic E-state index is 5.31. The van der Waals surface area contributed by atoms with Crippen molar-refractivity contribution in [1.82, 2.24) is 9.96 Å². The lowest BCUT2D eigenvalue weighted by atomic mass is 10.2. The minimum Gasteiger partial charge on any atom is -0.308 e. The van der Waals surface area contributed by atoms with Crippen LogP contribution in [0.4, 0.5) is 0 Å². The Balaban J connectivity index is 2.40. The monoisotopic (exact) mass is 208 g/mol. The van der Waals surface area contributed by atoms with Crippen molar-refractivity contribution in [2.24, 2.45) is 0 Å². The summed E-state index contributed by atoms with van der Waals surface area (Å²) in [6.45, 7) is 2.75. The standard InChI is InChI=1S/C12H20N2O/c1-13(2)9-10-14(15-3)11-12-7-5-4-6-8-12/h4-8H,9-11H2,1-3H3. The minimum atomic E-state index is 0.838. The molecule has 0 saturated carbocycles. The summed E-state index contributed by atoms with van der Waals surface area (Å²) < 4.78 is 0. The Kier molecular flexibility index (Phi) is 5.32. The molecule has 0 aromatic heterocycles. The number of nitrogens with zero attached hydrogens (tertiary/aromatic N) is 2. The Labute approximate surface area is 92.2 Å². The molecule has 3 nitrogen and oxygen atoms in total. The fourth-order valence-electron chi connectivity index (χ4n) is 1.33. The van der Waals surface area contributed by atoms with Crippen LogP contribution in [-0.2, 0) is 11.4 Å². The lowest BCUT2D eigenvalue weighted by molar-refractivity contribution is -0.140. The van der Waals surface area contributed by atoms with E-state index in [1.54, 1.807) is 7.11 Å². The third kappa shape index (κ3) is 4.93. The molecular weight excluding hydrogens is 188 g/mol. The van der Waals surface area contributed by atoms with Crippen LogP contribution >= 0.6 is 0 Å². The second-order valence-corrected chi connectivity index (χ2v) is 3.83. The normalized spacial score (nSPS) is 11.3. The van der Waals surface area contributed by atoms with E-state index in [9.17, 15) is 0 Å². The average Bonchev–Trinajstić information content (AvgIpc) is 2.25. The molecule has 0 bridgehead atoms. The first-order valence-electron chi connectivity index (χ1n) is 5.20. The quantitative estimate of drug-likeness (QED) is 0.661. The van der Waals surface area contributed by atoms with E-state index in [-0.39, 0.29) is 0 Å². The van der Waals surface area contributed by atoms with Gasteiger partial charge in [-0.15, -0.1) is 0 Å². The van der Waals surface area contributed by atoms with E-state index in [1.165, 1.54) is 5.56 Å². The Morgan fingerprint density at radius 2 is 1.73 bits per heavy atom. The fourth-order valence-corrected chi connectivity index (χ4v) is 1.33. The third-order valence-corrected chi connectivity index (χ3v) is 2.26. The number of rotatable bonds is 6. The summed E-state index contributed by atoms with van der Waals surface area (Å²) in [6, 6.07) is 10.4. The molecule has 1 rings (SSSR count). The van der Waals surface area contributed by atoms with Crippen molar-refractivity contribution in [3.63, 3.8) is 0 Å². The minimum absolute atomic E-state index is 0.838. The van der Waals surface area contributed by atoms with Crippen LogP contribution in [0, 0.1) is 0 Å². The molecule has 0 spiro atoms. The van der Waals surface area contributed by atoms with Gasteiger partial charge in [0, 0.05) is 19.6 Å². The van der Waals surface area contributed by atoms with Crippen molar-refractivity contribution in [2.45, 2.75) is 6.54 Å². The predicted octanol–water partition coefficient (Wildman–Crippen LogP) is 1.61. The zero-order valence-electron chi connectivity index (χ0n) is 9.81. The summed E-state index contributed by atoms with van der Waals surface area (Å²) in [6.07, 6.45) is 0. The van der Waals surface area contributed by atoms with Crippen molar-refractivity contribution in [3.05, 3.63) is 35.9 Å². The second kappa shape index (κ2) is 6.56. The van der Waals surface area contributed by atoms with Crippen molar-refractivity contribution in [2.75, 3.05) is 34.3 Å². The molecule has 3 heteroatoms. The second-order valence-electron chi connectivity index (χ2n) is 3.83. The van der Waals surface area contributed by atoms with Gasteiger partial charge < -0.3 is 9.74 Å². The Morgan fingerprint density at radius 3 is 2.27 bits per heavy atom. The lowest BCUT2D eigenvalue weighted by Gasteiger charge is -2.21. The van der Waals surface area contributed by atoms with Crippen LogP contribution in [0.3, 0.4) is 0 Å². The van der Waals surface area contributed by atoms with Gasteiger partial charge in [-0.25, -0.2) is 0 Å². The molecule has 0 saturated heterocycles. The Hall–Kier alpha value is -0.900. The third-order valence-electron chi connectivity index (χ3n) is 2.26. The van der Waals surface area contributed by atoms with Crippen molar-refractivity contribution in [3.8, 4) is 0 Å². The smallest absolute Gasteiger partial charge is 0.0575 e. The number of hydrogen-bond donors (Lipinski definition) is 0. The van der Waals surface area contributed by atoms with Gasteiger partial charge in [0.15, 0.2) is 0 Å². The van der Waals surface area contributed by atoms with E-state index >= 15 is 0 Å². The molecular formula is C12H20N2O. The molecule has 0 aliphatic carbocycles. The van der Waals surface area contributed by atoms with Gasteiger partial charge in [-0.1, -0.05) is 30.3 Å². The summed E-state index contributed by atoms with van der Waals surface area (Å²) in [5.41, 5.74) is 1.28. The van der Waals surface area contributed by atoms with Crippen LogP contribution in [0.1, 0.15) is 5.56 Å². The highest BCUT2D eigenvalue weighted by molar-refractivity contribution is 5.14. The summed E-state index contributed by atoms with van der Waals surface area (Å²) in [4.78, 5) is 7.46. The molecule has 0 aliphatic rings. The highest BCUT2D eigenvalue weighted by Gasteiger charge is 2.04. The van der Waals surface area contributed by atoms with E-state index in [1.807, 2.05) is 11.1 Å². The van der Waals surface area contributed by atoms with Gasteiger partial charge in [0.1, 0.15) is 0 Å². The summed E-state index contributed by atoms with van der Waals surface area (Å²) in [5, 5.41) is 1.97. The van der Waals surface area contributed by atoms with E-state index in [4.69, 9.17) is 4.84 Å². The van der Waals surface area contributed by atoms with Crippen LogP contribution in [0.2, 0.25) is 0 Å². The highest BCUT2D eigenvalue weighted by Crippen LogP contribution is 2.03. The molecule has 0 heterocycles. The van der Waals surface area contributed by atoms with Crippen LogP contribution in [-0.4, -0.2) is 44.3 Å². The first-order valence-corrected chi connectivity index (χ1v) is 5.20. The summed E-state index contributed by atoms with van der Waals surface area (Å²) in [7, 11) is 5.85. The first-order chi connectivity index (χ1) is 7.22. The molecule has 0 fully saturated rings. The van der Waals surface area contributed by atoms with E-state index < -0.39 is 0 Å². The Morgan fingerprint density at radius 1 is 1.07 bits per heavy atom. The number of benzene rings is 1. The SMILES string of the molecule is CON(CCN(C)C)Cc1ccccc1. The maximum atomic E-state index is 5.31. The van der Waals surface area contributed by atoms with Crippen LogP contribution in [0.5, 0.6) is 0 Å². The number of likely N-dealkylation sites (N-methyl/N-ethyl adjacent to an activating group) is 1. The molecule has 0 amide bonds. The average molecular weight is 208 g/mol. The highest BCUT2D eigenvalue weighted by atomic mass is 16.7. The molecule has 0 atom stereocenters. The lowest BCUT2D eigenvalue weighted by Crippen LogP contribution is -2.30. The van der Waals surface area contributed by atoms with Gasteiger partial charge in [-0.2, -0.15) is 5.06 Å². The molecule has 0 unspecified atom stereocenters. The fraction of sp³-hybridized carbons (Fsp3) is 0.500. The van der Waals surface area contributed by atoms with E-state index in [0.717, 1.165) is 19.6 Å². The number of hydroxylamine groups is 2. The van der Waals surface area contributed by atoms with Crippen LogP contribution in [0.15, 0.2) is 30.3 Å². The van der Waals surface area contributed by atoms with Gasteiger partial charge in [-0.05, 0) is 19.7 Å². The van der Waals surface area contributed by atoms with Gasteiger partial charge in [-0.3, -0.25) is 0 Å². The zero-order chi connectivity index (χ0) is 11.1. The Bertz CT molecular complexity index is 262. The molecule has 15 heavy (non-hydrogen) atoms. The molecule has 0 radical (unpaired) electrons. The van der Waals surface area contributed by atoms with E-state index in [0.29, 0.717) is 0 Å². The number of hydrogen-bond acceptors (Lipinski definition) is 3. The molecule has 0 aliphatic heterocycles.